The van der Waals surface area contributed by atoms with Gasteiger partial charge in [-0.2, -0.15) is 4.31 Å². The van der Waals surface area contributed by atoms with Crippen LogP contribution < -0.4 is 0 Å². The Morgan fingerprint density at radius 1 is 1.19 bits per heavy atom. The van der Waals surface area contributed by atoms with E-state index < -0.39 is 21.6 Å². The molecule has 2 aliphatic heterocycles. The summed E-state index contributed by atoms with van der Waals surface area (Å²) in [5.41, 5.74) is 0. The molecule has 0 atom stereocenters. The van der Waals surface area contributed by atoms with E-state index in [1.807, 2.05) is 0 Å². The molecule has 0 amide bonds. The Labute approximate surface area is 127 Å². The lowest BCUT2D eigenvalue weighted by Gasteiger charge is -2.36. The van der Waals surface area contributed by atoms with Crippen LogP contribution in [0.15, 0.2) is 23.1 Å². The molecule has 3 rings (SSSR count). The normalized spacial score (nSPS) is 22.8. The fraction of sp³-hybridized carbons (Fsp3) is 0.538. The highest BCUT2D eigenvalue weighted by molar-refractivity contribution is 7.89. The minimum Gasteiger partial charge on any atom is -0.347 e. The number of ether oxygens (including phenoxy) is 2. The zero-order chi connectivity index (χ0) is 15.1. The summed E-state index contributed by atoms with van der Waals surface area (Å²) in [4.78, 5) is -0.390. The second kappa shape index (κ2) is 5.48. The molecule has 0 bridgehead atoms. The van der Waals surface area contributed by atoms with Crippen LogP contribution in [0.3, 0.4) is 0 Å². The van der Waals surface area contributed by atoms with Crippen LogP contribution in [0.4, 0.5) is 4.39 Å². The Bertz CT molecular complexity index is 636. The summed E-state index contributed by atoms with van der Waals surface area (Å²) in [6, 6.07) is 3.52. The van der Waals surface area contributed by atoms with Gasteiger partial charge in [-0.3, -0.25) is 0 Å². The lowest BCUT2D eigenvalue weighted by atomic mass is 10.1. The third-order valence-electron chi connectivity index (χ3n) is 3.81. The third kappa shape index (κ3) is 2.80. The number of piperidine rings is 1. The van der Waals surface area contributed by atoms with Crippen LogP contribution in [-0.4, -0.2) is 44.8 Å². The number of hydrogen-bond donors (Lipinski definition) is 0. The maximum absolute atomic E-state index is 13.8. The van der Waals surface area contributed by atoms with Crippen LogP contribution in [0.1, 0.15) is 12.8 Å². The van der Waals surface area contributed by atoms with Crippen molar-refractivity contribution >= 4 is 21.6 Å². The maximum atomic E-state index is 13.8. The Morgan fingerprint density at radius 2 is 1.81 bits per heavy atom. The molecule has 0 aromatic heterocycles. The molecule has 1 aromatic carbocycles. The molecule has 116 valence electrons. The molecule has 5 nitrogen and oxygen atoms in total. The van der Waals surface area contributed by atoms with E-state index in [0.717, 1.165) is 12.1 Å². The number of nitrogens with zero attached hydrogens (tertiary/aromatic N) is 1. The van der Waals surface area contributed by atoms with Gasteiger partial charge in [0.25, 0.3) is 0 Å². The summed E-state index contributed by atoms with van der Waals surface area (Å²) < 4.78 is 51.2. The molecule has 2 heterocycles. The monoisotopic (exact) mass is 335 g/mol. The van der Waals surface area contributed by atoms with Crippen LogP contribution in [0.5, 0.6) is 0 Å². The van der Waals surface area contributed by atoms with E-state index in [1.54, 1.807) is 0 Å². The van der Waals surface area contributed by atoms with Crippen molar-refractivity contribution in [1.29, 1.82) is 0 Å². The van der Waals surface area contributed by atoms with Crippen LogP contribution in [0.2, 0.25) is 5.02 Å². The SMILES string of the molecule is O=S(=O)(c1cc(Cl)ccc1F)N1CCC2(CC1)OCCO2. The molecule has 2 saturated heterocycles. The van der Waals surface area contributed by atoms with Gasteiger partial charge in [0.05, 0.1) is 13.2 Å². The summed E-state index contributed by atoms with van der Waals surface area (Å²) in [5, 5.41) is 0.186. The minimum atomic E-state index is -3.90. The van der Waals surface area contributed by atoms with Crippen molar-refractivity contribution in [1.82, 2.24) is 4.31 Å². The predicted molar refractivity (Wildman–Crippen MR) is 74.0 cm³/mol. The summed E-state index contributed by atoms with van der Waals surface area (Å²) in [7, 11) is -3.90. The minimum absolute atomic E-state index is 0.186. The number of rotatable bonds is 2. The van der Waals surface area contributed by atoms with Crippen LogP contribution in [0.25, 0.3) is 0 Å². The second-order valence-corrected chi connectivity index (χ2v) is 7.43. The highest BCUT2D eigenvalue weighted by Crippen LogP contribution is 2.34. The van der Waals surface area contributed by atoms with Crippen LogP contribution in [-0.2, 0) is 19.5 Å². The Morgan fingerprint density at radius 3 is 2.43 bits per heavy atom. The van der Waals surface area contributed by atoms with Gasteiger partial charge < -0.3 is 9.47 Å². The Hall–Kier alpha value is -0.730. The standard InChI is InChI=1S/C13H15ClFNO4S/c14-10-1-2-11(15)12(9-10)21(17,18)16-5-3-13(4-6-16)19-7-8-20-13/h1-2,9H,3-8H2. The number of halogens is 2. The van der Waals surface area contributed by atoms with Crippen molar-refractivity contribution in [2.24, 2.45) is 0 Å². The molecule has 21 heavy (non-hydrogen) atoms. The van der Waals surface area contributed by atoms with Crippen LogP contribution >= 0.6 is 11.6 Å². The maximum Gasteiger partial charge on any atom is 0.246 e. The van der Waals surface area contributed by atoms with E-state index in [0.29, 0.717) is 26.1 Å². The largest absolute Gasteiger partial charge is 0.347 e. The molecule has 1 spiro atoms. The van der Waals surface area contributed by atoms with Gasteiger partial charge in [-0.25, -0.2) is 12.8 Å². The Balaban J connectivity index is 1.82. The summed E-state index contributed by atoms with van der Waals surface area (Å²) in [5.74, 6) is -1.47. The first-order chi connectivity index (χ1) is 9.93. The van der Waals surface area contributed by atoms with Crippen molar-refractivity contribution < 1.29 is 22.3 Å². The molecule has 0 N–H and O–H groups in total. The lowest BCUT2D eigenvalue weighted by molar-refractivity contribution is -0.179. The highest BCUT2D eigenvalue weighted by Gasteiger charge is 2.43. The predicted octanol–water partition coefficient (Wildman–Crippen LogP) is 2.01. The second-order valence-electron chi connectivity index (χ2n) is 5.09. The number of benzene rings is 1. The fourth-order valence-corrected chi connectivity index (χ4v) is 4.44. The molecule has 0 saturated carbocycles. The fourth-order valence-electron chi connectivity index (χ4n) is 2.67. The van der Waals surface area contributed by atoms with Crippen molar-refractivity contribution in [3.05, 3.63) is 29.0 Å². The first-order valence-corrected chi connectivity index (χ1v) is 8.48. The highest BCUT2D eigenvalue weighted by atomic mass is 35.5. The summed E-state index contributed by atoms with van der Waals surface area (Å²) in [6.45, 7) is 1.51. The smallest absolute Gasteiger partial charge is 0.246 e. The van der Waals surface area contributed by atoms with Gasteiger partial charge in [-0.05, 0) is 18.2 Å². The number of sulfonamides is 1. The van der Waals surface area contributed by atoms with Gasteiger partial charge in [-0.1, -0.05) is 11.6 Å². The van der Waals surface area contributed by atoms with Gasteiger partial charge >= 0.3 is 0 Å². The van der Waals surface area contributed by atoms with E-state index in [1.165, 1.54) is 10.4 Å². The average Bonchev–Trinajstić information content (AvgIpc) is 2.90. The van der Waals surface area contributed by atoms with Gasteiger partial charge in [-0.15, -0.1) is 0 Å². The van der Waals surface area contributed by atoms with Gasteiger partial charge in [0.15, 0.2) is 5.79 Å². The van der Waals surface area contributed by atoms with E-state index in [9.17, 15) is 12.8 Å². The molecule has 0 aliphatic carbocycles. The third-order valence-corrected chi connectivity index (χ3v) is 5.96. The molecule has 1 aromatic rings. The van der Waals surface area contributed by atoms with Crippen LogP contribution in [0, 0.1) is 5.82 Å². The number of hydrogen-bond acceptors (Lipinski definition) is 4. The van der Waals surface area contributed by atoms with E-state index >= 15 is 0 Å². The average molecular weight is 336 g/mol. The topological polar surface area (TPSA) is 55.8 Å². The molecule has 2 fully saturated rings. The van der Waals surface area contributed by atoms with Gasteiger partial charge in [0.1, 0.15) is 10.7 Å². The summed E-state index contributed by atoms with van der Waals surface area (Å²) in [6.07, 6.45) is 0.878. The van der Waals surface area contributed by atoms with Crippen molar-refractivity contribution in [2.45, 2.75) is 23.5 Å². The molecule has 2 aliphatic rings. The first kappa shape index (κ1) is 15.2. The zero-order valence-electron chi connectivity index (χ0n) is 11.2. The van der Waals surface area contributed by atoms with Crippen molar-refractivity contribution in [3.63, 3.8) is 0 Å². The van der Waals surface area contributed by atoms with E-state index in [-0.39, 0.29) is 23.0 Å². The van der Waals surface area contributed by atoms with Gasteiger partial charge in [0.2, 0.25) is 10.0 Å². The quantitative estimate of drug-likeness (QED) is 0.829. The molecule has 0 radical (unpaired) electrons. The summed E-state index contributed by atoms with van der Waals surface area (Å²) >= 11 is 5.77. The first-order valence-electron chi connectivity index (χ1n) is 6.66. The van der Waals surface area contributed by atoms with Crippen molar-refractivity contribution in [2.75, 3.05) is 26.3 Å². The van der Waals surface area contributed by atoms with E-state index in [4.69, 9.17) is 21.1 Å². The Kier molecular flexibility index (Phi) is 3.96. The van der Waals surface area contributed by atoms with Crippen molar-refractivity contribution in [3.8, 4) is 0 Å². The molecular weight excluding hydrogens is 321 g/mol. The molecular formula is C13H15ClFNO4S. The molecule has 8 heteroatoms. The lowest BCUT2D eigenvalue weighted by Crippen LogP contribution is -2.47. The van der Waals surface area contributed by atoms with Gasteiger partial charge in [0, 0.05) is 31.0 Å². The molecule has 0 unspecified atom stereocenters. The zero-order valence-corrected chi connectivity index (χ0v) is 12.8. The van der Waals surface area contributed by atoms with E-state index in [2.05, 4.69) is 0 Å².